The van der Waals surface area contributed by atoms with Crippen LogP contribution in [-0.4, -0.2) is 4.98 Å². The van der Waals surface area contributed by atoms with Crippen LogP contribution < -0.4 is 0 Å². The van der Waals surface area contributed by atoms with E-state index in [4.69, 9.17) is 23.2 Å². The molecule has 0 bridgehead atoms. The highest BCUT2D eigenvalue weighted by atomic mass is 79.9. The van der Waals surface area contributed by atoms with E-state index in [1.54, 1.807) is 0 Å². The quantitative estimate of drug-likeness (QED) is 0.646. The zero-order chi connectivity index (χ0) is 10.3. The van der Waals surface area contributed by atoms with Crippen molar-refractivity contribution in [1.82, 2.24) is 4.98 Å². The standard InChI is InChI=1S/C10H6BrCl2N/c1-5-8(12)6-3-2-4-7(11)9(6)14-10(5)13/h2-4H,1H3. The van der Waals surface area contributed by atoms with Crippen molar-refractivity contribution >= 4 is 50.0 Å². The smallest absolute Gasteiger partial charge is 0.134 e. The van der Waals surface area contributed by atoms with E-state index in [1.165, 1.54) is 0 Å². The zero-order valence-electron chi connectivity index (χ0n) is 7.31. The second kappa shape index (κ2) is 3.69. The van der Waals surface area contributed by atoms with E-state index in [0.29, 0.717) is 10.2 Å². The third kappa shape index (κ3) is 1.52. The van der Waals surface area contributed by atoms with Crippen LogP contribution in [0.15, 0.2) is 22.7 Å². The Morgan fingerprint density at radius 3 is 2.71 bits per heavy atom. The van der Waals surface area contributed by atoms with E-state index >= 15 is 0 Å². The molecule has 0 atom stereocenters. The highest BCUT2D eigenvalue weighted by Gasteiger charge is 2.09. The van der Waals surface area contributed by atoms with Gasteiger partial charge in [-0.25, -0.2) is 4.98 Å². The van der Waals surface area contributed by atoms with Gasteiger partial charge in [0.25, 0.3) is 0 Å². The molecule has 0 aliphatic carbocycles. The number of pyridine rings is 1. The first kappa shape index (κ1) is 10.2. The summed E-state index contributed by atoms with van der Waals surface area (Å²) in [5, 5.41) is 2.04. The van der Waals surface area contributed by atoms with Gasteiger partial charge in [-0.1, -0.05) is 35.3 Å². The van der Waals surface area contributed by atoms with E-state index in [2.05, 4.69) is 20.9 Å². The monoisotopic (exact) mass is 289 g/mol. The summed E-state index contributed by atoms with van der Waals surface area (Å²) in [7, 11) is 0. The Labute approximate surface area is 100 Å². The predicted molar refractivity (Wildman–Crippen MR) is 64.2 cm³/mol. The number of halogens is 3. The van der Waals surface area contributed by atoms with Crippen LogP contribution >= 0.6 is 39.1 Å². The lowest BCUT2D eigenvalue weighted by Crippen LogP contribution is -1.87. The topological polar surface area (TPSA) is 12.9 Å². The maximum absolute atomic E-state index is 6.16. The van der Waals surface area contributed by atoms with Crippen molar-refractivity contribution in [2.45, 2.75) is 6.92 Å². The second-order valence-electron chi connectivity index (χ2n) is 2.98. The normalized spacial score (nSPS) is 10.9. The van der Waals surface area contributed by atoms with Gasteiger partial charge in [-0.2, -0.15) is 0 Å². The molecule has 1 aromatic carbocycles. The average Bonchev–Trinajstić information content (AvgIpc) is 2.17. The van der Waals surface area contributed by atoms with Gasteiger partial charge >= 0.3 is 0 Å². The van der Waals surface area contributed by atoms with Crippen molar-refractivity contribution in [2.75, 3.05) is 0 Å². The lowest BCUT2D eigenvalue weighted by molar-refractivity contribution is 1.33. The molecule has 2 aromatic rings. The molecular formula is C10H6BrCl2N. The summed E-state index contributed by atoms with van der Waals surface area (Å²) in [6.07, 6.45) is 0. The number of hydrogen-bond donors (Lipinski definition) is 0. The fourth-order valence-electron chi connectivity index (χ4n) is 1.28. The minimum atomic E-state index is 0.453. The van der Waals surface area contributed by atoms with Crippen molar-refractivity contribution in [3.05, 3.63) is 38.4 Å². The molecule has 1 aromatic heterocycles. The summed E-state index contributed by atoms with van der Waals surface area (Å²) in [6.45, 7) is 1.86. The lowest BCUT2D eigenvalue weighted by Gasteiger charge is -2.06. The van der Waals surface area contributed by atoms with Gasteiger partial charge in [0.15, 0.2) is 0 Å². The number of para-hydroxylation sites is 1. The molecular weight excluding hydrogens is 285 g/mol. The molecule has 1 nitrogen and oxygen atoms in total. The summed E-state index contributed by atoms with van der Waals surface area (Å²) in [5.41, 5.74) is 1.62. The minimum absolute atomic E-state index is 0.453. The van der Waals surface area contributed by atoms with Crippen molar-refractivity contribution in [2.24, 2.45) is 0 Å². The van der Waals surface area contributed by atoms with Crippen LogP contribution in [-0.2, 0) is 0 Å². The van der Waals surface area contributed by atoms with Gasteiger partial charge in [-0.15, -0.1) is 0 Å². The number of benzene rings is 1. The highest BCUT2D eigenvalue weighted by Crippen LogP contribution is 2.33. The molecule has 0 amide bonds. The number of aromatic nitrogens is 1. The molecule has 72 valence electrons. The van der Waals surface area contributed by atoms with E-state index in [-0.39, 0.29) is 0 Å². The predicted octanol–water partition coefficient (Wildman–Crippen LogP) is 4.61. The second-order valence-corrected chi connectivity index (χ2v) is 4.57. The van der Waals surface area contributed by atoms with Crippen LogP contribution in [0.3, 0.4) is 0 Å². The van der Waals surface area contributed by atoms with Gasteiger partial charge in [0, 0.05) is 15.4 Å². The van der Waals surface area contributed by atoms with E-state index < -0.39 is 0 Å². The minimum Gasteiger partial charge on any atom is -0.235 e. The average molecular weight is 291 g/mol. The molecule has 0 spiro atoms. The molecule has 0 fully saturated rings. The molecule has 2 rings (SSSR count). The van der Waals surface area contributed by atoms with Gasteiger partial charge in [0.2, 0.25) is 0 Å². The summed E-state index contributed by atoms with van der Waals surface area (Å²) in [5.74, 6) is 0. The van der Waals surface area contributed by atoms with Gasteiger partial charge in [0.1, 0.15) is 5.15 Å². The third-order valence-corrected chi connectivity index (χ3v) is 3.57. The summed E-state index contributed by atoms with van der Waals surface area (Å²) in [4.78, 5) is 4.27. The first-order valence-corrected chi connectivity index (χ1v) is 5.56. The Morgan fingerprint density at radius 2 is 2.00 bits per heavy atom. The number of rotatable bonds is 0. The molecule has 0 radical (unpaired) electrons. The molecule has 4 heteroatoms. The lowest BCUT2D eigenvalue weighted by atomic mass is 10.2. The van der Waals surface area contributed by atoms with Crippen molar-refractivity contribution in [1.29, 1.82) is 0 Å². The van der Waals surface area contributed by atoms with Gasteiger partial charge in [0.05, 0.1) is 10.5 Å². The van der Waals surface area contributed by atoms with Gasteiger partial charge < -0.3 is 0 Å². The maximum atomic E-state index is 6.16. The van der Waals surface area contributed by atoms with Crippen LogP contribution in [0.1, 0.15) is 5.56 Å². The number of nitrogens with zero attached hydrogens (tertiary/aromatic N) is 1. The highest BCUT2D eigenvalue weighted by molar-refractivity contribution is 9.10. The Bertz CT molecular complexity index is 511. The molecule has 1 heterocycles. The third-order valence-electron chi connectivity index (χ3n) is 2.07. The van der Waals surface area contributed by atoms with Crippen LogP contribution in [0, 0.1) is 6.92 Å². The van der Waals surface area contributed by atoms with E-state index in [1.807, 2.05) is 25.1 Å². The van der Waals surface area contributed by atoms with E-state index in [0.717, 1.165) is 20.9 Å². The zero-order valence-corrected chi connectivity index (χ0v) is 10.4. The molecule has 0 saturated heterocycles. The largest absolute Gasteiger partial charge is 0.235 e. The van der Waals surface area contributed by atoms with Crippen molar-refractivity contribution < 1.29 is 0 Å². The number of fused-ring (bicyclic) bond motifs is 1. The first-order chi connectivity index (χ1) is 6.61. The Kier molecular flexibility index (Phi) is 2.69. The Balaban J connectivity index is 2.98. The summed E-state index contributed by atoms with van der Waals surface area (Å²) in [6, 6.07) is 5.77. The van der Waals surface area contributed by atoms with Crippen LogP contribution in [0.4, 0.5) is 0 Å². The fourth-order valence-corrected chi connectivity index (χ4v) is 2.20. The van der Waals surface area contributed by atoms with Crippen molar-refractivity contribution in [3.63, 3.8) is 0 Å². The fraction of sp³-hybridized carbons (Fsp3) is 0.100. The molecule has 14 heavy (non-hydrogen) atoms. The Morgan fingerprint density at radius 1 is 1.29 bits per heavy atom. The van der Waals surface area contributed by atoms with Gasteiger partial charge in [-0.3, -0.25) is 0 Å². The summed E-state index contributed by atoms with van der Waals surface area (Å²) >= 11 is 15.5. The molecule has 0 unspecified atom stereocenters. The van der Waals surface area contributed by atoms with Crippen LogP contribution in [0.5, 0.6) is 0 Å². The van der Waals surface area contributed by atoms with Crippen molar-refractivity contribution in [3.8, 4) is 0 Å². The number of hydrogen-bond acceptors (Lipinski definition) is 1. The molecule has 0 saturated carbocycles. The Hall–Kier alpha value is -0.310. The van der Waals surface area contributed by atoms with Crippen LogP contribution in [0.2, 0.25) is 10.2 Å². The summed E-state index contributed by atoms with van der Waals surface area (Å²) < 4.78 is 0.902. The maximum Gasteiger partial charge on any atom is 0.134 e. The first-order valence-electron chi connectivity index (χ1n) is 4.01. The molecule has 0 aliphatic rings. The van der Waals surface area contributed by atoms with Crippen LogP contribution in [0.25, 0.3) is 10.9 Å². The van der Waals surface area contributed by atoms with Gasteiger partial charge in [-0.05, 0) is 28.9 Å². The molecule has 0 N–H and O–H groups in total. The SMILES string of the molecule is Cc1c(Cl)nc2c(Br)cccc2c1Cl. The molecule has 0 aliphatic heterocycles. The van der Waals surface area contributed by atoms with E-state index in [9.17, 15) is 0 Å².